The second kappa shape index (κ2) is 7.10. The molecule has 6 heteroatoms. The molecule has 3 aromatic rings. The van der Waals surface area contributed by atoms with Gasteiger partial charge in [0.2, 0.25) is 5.91 Å². The fourth-order valence-electron chi connectivity index (χ4n) is 4.18. The summed E-state index contributed by atoms with van der Waals surface area (Å²) in [4.78, 5) is 18.5. The number of fused-ring (bicyclic) bond motifs is 2. The standard InChI is InChI=1S/C23H25FN2O3/c1-23(2,18-12-25-19-11-16(24)5-6-17(18)19)22(27)26-8-7-14-9-20(28-3)21(29-4)10-15(14)13-26/h5-6,9-12,25H,7-8,13H2,1-4H3. The summed E-state index contributed by atoms with van der Waals surface area (Å²) in [5.41, 5.74) is 3.06. The molecule has 0 bridgehead atoms. The van der Waals surface area contributed by atoms with Crippen molar-refractivity contribution in [2.45, 2.75) is 32.2 Å². The Balaban J connectivity index is 1.64. The molecule has 1 aliphatic rings. The van der Waals surface area contributed by atoms with E-state index in [-0.39, 0.29) is 11.7 Å². The summed E-state index contributed by atoms with van der Waals surface area (Å²) < 4.78 is 24.3. The first-order chi connectivity index (χ1) is 13.8. The van der Waals surface area contributed by atoms with Crippen molar-refractivity contribution in [2.24, 2.45) is 0 Å². The second-order valence-corrected chi connectivity index (χ2v) is 7.97. The van der Waals surface area contributed by atoms with Crippen LogP contribution in [0.15, 0.2) is 36.5 Å². The molecule has 1 amide bonds. The molecule has 2 heterocycles. The molecule has 1 N–H and O–H groups in total. The van der Waals surface area contributed by atoms with Gasteiger partial charge in [-0.1, -0.05) is 0 Å². The number of carbonyl (C=O) groups excluding carboxylic acids is 1. The van der Waals surface area contributed by atoms with Crippen LogP contribution in [0.3, 0.4) is 0 Å². The van der Waals surface area contributed by atoms with E-state index in [1.165, 1.54) is 17.7 Å². The lowest BCUT2D eigenvalue weighted by molar-refractivity contribution is -0.137. The number of amides is 1. The number of carbonyl (C=O) groups is 1. The maximum atomic E-state index is 13.5. The van der Waals surface area contributed by atoms with Gasteiger partial charge in [-0.2, -0.15) is 0 Å². The lowest BCUT2D eigenvalue weighted by atomic mass is 9.82. The summed E-state index contributed by atoms with van der Waals surface area (Å²) >= 11 is 0. The SMILES string of the molecule is COc1cc2c(cc1OC)CN(C(=O)C(C)(C)c1c[nH]c3cc(F)ccc13)CC2. The van der Waals surface area contributed by atoms with Gasteiger partial charge in [-0.05, 0) is 67.3 Å². The number of rotatable bonds is 4. The molecular weight excluding hydrogens is 371 g/mol. The van der Waals surface area contributed by atoms with Crippen LogP contribution in [0, 0.1) is 5.82 Å². The fourth-order valence-corrected chi connectivity index (χ4v) is 4.18. The van der Waals surface area contributed by atoms with Gasteiger partial charge in [0.05, 0.1) is 19.6 Å². The van der Waals surface area contributed by atoms with Crippen molar-refractivity contribution < 1.29 is 18.7 Å². The zero-order chi connectivity index (χ0) is 20.8. The van der Waals surface area contributed by atoms with Crippen LogP contribution in [0.4, 0.5) is 4.39 Å². The Bertz CT molecular complexity index is 1090. The van der Waals surface area contributed by atoms with E-state index in [1.54, 1.807) is 20.3 Å². The van der Waals surface area contributed by atoms with Crippen molar-refractivity contribution in [3.05, 3.63) is 59.0 Å². The van der Waals surface area contributed by atoms with Crippen LogP contribution < -0.4 is 9.47 Å². The molecule has 29 heavy (non-hydrogen) atoms. The highest BCUT2D eigenvalue weighted by atomic mass is 19.1. The van der Waals surface area contributed by atoms with Crippen LogP contribution in [-0.2, 0) is 23.2 Å². The minimum Gasteiger partial charge on any atom is -0.493 e. The van der Waals surface area contributed by atoms with Gasteiger partial charge in [0, 0.05) is 30.2 Å². The van der Waals surface area contributed by atoms with Gasteiger partial charge >= 0.3 is 0 Å². The molecule has 0 fully saturated rings. The van der Waals surface area contributed by atoms with E-state index >= 15 is 0 Å². The molecule has 5 nitrogen and oxygen atoms in total. The number of methoxy groups -OCH3 is 2. The van der Waals surface area contributed by atoms with Crippen LogP contribution >= 0.6 is 0 Å². The second-order valence-electron chi connectivity index (χ2n) is 7.97. The summed E-state index contributed by atoms with van der Waals surface area (Å²) in [6, 6.07) is 8.56. The number of nitrogens with one attached hydrogen (secondary N) is 1. The summed E-state index contributed by atoms with van der Waals surface area (Å²) in [6.45, 7) is 5.01. The predicted octanol–water partition coefficient (Wildman–Crippen LogP) is 4.19. The van der Waals surface area contributed by atoms with Crippen molar-refractivity contribution in [1.29, 1.82) is 0 Å². The smallest absolute Gasteiger partial charge is 0.233 e. The van der Waals surface area contributed by atoms with Crippen molar-refractivity contribution in [1.82, 2.24) is 9.88 Å². The quantitative estimate of drug-likeness (QED) is 0.720. The Kier molecular flexibility index (Phi) is 4.73. The number of halogens is 1. The van der Waals surface area contributed by atoms with Crippen LogP contribution in [-0.4, -0.2) is 36.6 Å². The van der Waals surface area contributed by atoms with Gasteiger partial charge < -0.3 is 19.4 Å². The zero-order valence-electron chi connectivity index (χ0n) is 17.1. The van der Waals surface area contributed by atoms with Crippen LogP contribution in [0.1, 0.15) is 30.5 Å². The van der Waals surface area contributed by atoms with E-state index in [2.05, 4.69) is 4.98 Å². The largest absolute Gasteiger partial charge is 0.493 e. The average molecular weight is 396 g/mol. The van der Waals surface area contributed by atoms with Crippen molar-refractivity contribution in [2.75, 3.05) is 20.8 Å². The lowest BCUT2D eigenvalue weighted by Crippen LogP contribution is -2.45. The minimum atomic E-state index is -0.746. The number of nitrogens with zero attached hydrogens (tertiary/aromatic N) is 1. The summed E-state index contributed by atoms with van der Waals surface area (Å²) in [5.74, 6) is 1.12. The van der Waals surface area contributed by atoms with Gasteiger partial charge in [0.15, 0.2) is 11.5 Å². The first-order valence-corrected chi connectivity index (χ1v) is 9.65. The summed E-state index contributed by atoms with van der Waals surface area (Å²) in [5, 5.41) is 0.869. The monoisotopic (exact) mass is 396 g/mol. The highest BCUT2D eigenvalue weighted by molar-refractivity contribution is 5.94. The number of benzene rings is 2. The molecule has 0 aliphatic carbocycles. The third-order valence-electron chi connectivity index (χ3n) is 5.86. The molecule has 0 saturated heterocycles. The highest BCUT2D eigenvalue weighted by Crippen LogP contribution is 2.36. The van der Waals surface area contributed by atoms with Crippen molar-refractivity contribution in [3.8, 4) is 11.5 Å². The molecule has 0 spiro atoms. The first kappa shape index (κ1) is 19.3. The third kappa shape index (κ3) is 3.22. The minimum absolute atomic E-state index is 0.0446. The van der Waals surface area contributed by atoms with E-state index in [9.17, 15) is 9.18 Å². The molecule has 1 aromatic heterocycles. The number of aromatic nitrogens is 1. The van der Waals surface area contributed by atoms with Crippen molar-refractivity contribution >= 4 is 16.8 Å². The van der Waals surface area contributed by atoms with Crippen LogP contribution in [0.25, 0.3) is 10.9 Å². The Labute approximate surface area is 169 Å². The third-order valence-corrected chi connectivity index (χ3v) is 5.86. The van der Waals surface area contributed by atoms with E-state index < -0.39 is 5.41 Å². The lowest BCUT2D eigenvalue weighted by Gasteiger charge is -2.35. The van der Waals surface area contributed by atoms with E-state index in [0.29, 0.717) is 30.1 Å². The topological polar surface area (TPSA) is 54.6 Å². The zero-order valence-corrected chi connectivity index (χ0v) is 17.1. The molecule has 2 aromatic carbocycles. The average Bonchev–Trinajstić information content (AvgIpc) is 3.15. The Hall–Kier alpha value is -3.02. The molecule has 0 atom stereocenters. The summed E-state index contributed by atoms with van der Waals surface area (Å²) in [7, 11) is 3.23. The molecule has 0 radical (unpaired) electrons. The van der Waals surface area contributed by atoms with E-state index in [1.807, 2.05) is 37.1 Å². The normalized spacial score (nSPS) is 14.0. The maximum absolute atomic E-state index is 13.5. The number of hydrogen-bond donors (Lipinski definition) is 1. The van der Waals surface area contributed by atoms with Gasteiger partial charge in [-0.3, -0.25) is 4.79 Å². The number of H-pyrrole nitrogens is 1. The molecule has 1 aliphatic heterocycles. The van der Waals surface area contributed by atoms with Crippen molar-refractivity contribution in [3.63, 3.8) is 0 Å². The number of ether oxygens (including phenoxy) is 2. The highest BCUT2D eigenvalue weighted by Gasteiger charge is 2.37. The predicted molar refractivity (Wildman–Crippen MR) is 110 cm³/mol. The van der Waals surface area contributed by atoms with E-state index in [0.717, 1.165) is 22.9 Å². The van der Waals surface area contributed by atoms with Gasteiger partial charge in [-0.25, -0.2) is 4.39 Å². The van der Waals surface area contributed by atoms with Crippen LogP contribution in [0.2, 0.25) is 0 Å². The van der Waals surface area contributed by atoms with Gasteiger partial charge in [0.1, 0.15) is 5.82 Å². The Morgan fingerprint density at radius 1 is 1.10 bits per heavy atom. The molecular formula is C23H25FN2O3. The first-order valence-electron chi connectivity index (χ1n) is 9.65. The molecule has 4 rings (SSSR count). The van der Waals surface area contributed by atoms with Gasteiger partial charge in [-0.15, -0.1) is 0 Å². The molecule has 152 valence electrons. The van der Waals surface area contributed by atoms with E-state index in [4.69, 9.17) is 9.47 Å². The summed E-state index contributed by atoms with van der Waals surface area (Å²) in [6.07, 6.45) is 2.57. The Morgan fingerprint density at radius 3 is 2.48 bits per heavy atom. The number of hydrogen-bond acceptors (Lipinski definition) is 3. The molecule has 0 unspecified atom stereocenters. The van der Waals surface area contributed by atoms with Gasteiger partial charge in [0.25, 0.3) is 0 Å². The number of aromatic amines is 1. The van der Waals surface area contributed by atoms with Crippen LogP contribution in [0.5, 0.6) is 11.5 Å². The Morgan fingerprint density at radius 2 is 1.79 bits per heavy atom. The maximum Gasteiger partial charge on any atom is 0.233 e. The molecule has 0 saturated carbocycles. The fraction of sp³-hybridized carbons (Fsp3) is 0.348.